The maximum absolute atomic E-state index is 12.4. The van der Waals surface area contributed by atoms with E-state index in [2.05, 4.69) is 10.3 Å². The summed E-state index contributed by atoms with van der Waals surface area (Å²) >= 11 is 0. The zero-order chi connectivity index (χ0) is 19.3. The Bertz CT molecular complexity index is 1160. The predicted octanol–water partition coefficient (Wildman–Crippen LogP) is 3.48. The van der Waals surface area contributed by atoms with Crippen LogP contribution in [0.25, 0.3) is 22.4 Å². The molecule has 0 aliphatic heterocycles. The van der Waals surface area contributed by atoms with Gasteiger partial charge in [0.25, 0.3) is 5.91 Å². The highest BCUT2D eigenvalue weighted by Gasteiger charge is 2.13. The van der Waals surface area contributed by atoms with Gasteiger partial charge in [0.15, 0.2) is 0 Å². The number of aromatic nitrogens is 2. The monoisotopic (exact) mass is 373 g/mol. The van der Waals surface area contributed by atoms with Gasteiger partial charge in [-0.05, 0) is 18.6 Å². The van der Waals surface area contributed by atoms with E-state index in [4.69, 9.17) is 4.42 Å². The highest BCUT2D eigenvalue weighted by atomic mass is 16.4. The largest absolute Gasteiger partial charge is 0.422 e. The number of imidazole rings is 1. The Morgan fingerprint density at radius 1 is 1.07 bits per heavy atom. The number of carbonyl (C=O) groups is 1. The number of nitrogens with one attached hydrogen (secondary N) is 1. The second-order valence-corrected chi connectivity index (χ2v) is 6.41. The highest BCUT2D eigenvalue weighted by Crippen LogP contribution is 2.17. The quantitative estimate of drug-likeness (QED) is 0.415. The molecule has 2 aromatic carbocycles. The third-order valence-electron chi connectivity index (χ3n) is 4.49. The van der Waals surface area contributed by atoms with Gasteiger partial charge in [-0.1, -0.05) is 48.5 Å². The molecule has 28 heavy (non-hydrogen) atoms. The van der Waals surface area contributed by atoms with Gasteiger partial charge < -0.3 is 14.3 Å². The first-order valence-corrected chi connectivity index (χ1v) is 9.10. The van der Waals surface area contributed by atoms with Gasteiger partial charge in [-0.15, -0.1) is 0 Å². The molecule has 6 heteroatoms. The number of benzene rings is 2. The van der Waals surface area contributed by atoms with Crippen LogP contribution in [0.2, 0.25) is 0 Å². The molecule has 6 nitrogen and oxygen atoms in total. The Morgan fingerprint density at radius 3 is 2.71 bits per heavy atom. The summed E-state index contributed by atoms with van der Waals surface area (Å²) in [6, 6.07) is 18.6. The van der Waals surface area contributed by atoms with Crippen molar-refractivity contribution in [3.8, 4) is 11.4 Å². The maximum atomic E-state index is 12.4. The summed E-state index contributed by atoms with van der Waals surface area (Å²) in [5.74, 6) is 0.468. The van der Waals surface area contributed by atoms with Crippen LogP contribution in [-0.4, -0.2) is 22.0 Å². The van der Waals surface area contributed by atoms with Crippen molar-refractivity contribution in [1.29, 1.82) is 0 Å². The van der Waals surface area contributed by atoms with E-state index in [1.807, 2.05) is 47.2 Å². The molecule has 0 aliphatic carbocycles. The van der Waals surface area contributed by atoms with Crippen molar-refractivity contribution in [1.82, 2.24) is 14.9 Å². The third kappa shape index (κ3) is 3.71. The molecule has 0 spiro atoms. The van der Waals surface area contributed by atoms with Crippen LogP contribution in [0, 0.1) is 0 Å². The number of aryl methyl sites for hydroxylation is 1. The lowest BCUT2D eigenvalue weighted by molar-refractivity contribution is 0.0949. The number of carbonyl (C=O) groups excluding carboxylic acids is 1. The summed E-state index contributed by atoms with van der Waals surface area (Å²) < 4.78 is 7.26. The van der Waals surface area contributed by atoms with E-state index >= 15 is 0 Å². The zero-order valence-corrected chi connectivity index (χ0v) is 15.2. The number of fused-ring (bicyclic) bond motifs is 1. The van der Waals surface area contributed by atoms with E-state index in [9.17, 15) is 9.59 Å². The van der Waals surface area contributed by atoms with Gasteiger partial charge in [0.05, 0.1) is 0 Å². The van der Waals surface area contributed by atoms with Crippen LogP contribution < -0.4 is 10.9 Å². The number of rotatable bonds is 6. The molecular weight excluding hydrogens is 354 g/mol. The van der Waals surface area contributed by atoms with Gasteiger partial charge in [0, 0.05) is 36.4 Å². The molecule has 0 radical (unpaired) electrons. The van der Waals surface area contributed by atoms with E-state index in [-0.39, 0.29) is 5.56 Å². The minimum atomic E-state index is -0.628. The average molecular weight is 373 g/mol. The van der Waals surface area contributed by atoms with Crippen molar-refractivity contribution in [3.63, 3.8) is 0 Å². The third-order valence-corrected chi connectivity index (χ3v) is 4.49. The molecule has 0 unspecified atom stereocenters. The molecule has 0 atom stereocenters. The molecule has 1 amide bonds. The van der Waals surface area contributed by atoms with Crippen molar-refractivity contribution >= 4 is 16.9 Å². The van der Waals surface area contributed by atoms with Crippen LogP contribution in [0.5, 0.6) is 0 Å². The standard InChI is InChI=1S/C22H19N3O3/c26-21(18-15-17-9-4-5-10-19(17)28-22(18)27)24-11-6-13-25-14-12-23-20(25)16-7-2-1-3-8-16/h1-5,7-10,12,14-15H,6,11,13H2,(H,24,26). The van der Waals surface area contributed by atoms with Crippen molar-refractivity contribution in [2.75, 3.05) is 6.54 Å². The van der Waals surface area contributed by atoms with Crippen LogP contribution in [0.4, 0.5) is 0 Å². The van der Waals surface area contributed by atoms with Gasteiger partial charge >= 0.3 is 5.63 Å². The van der Waals surface area contributed by atoms with Crippen LogP contribution in [0.3, 0.4) is 0 Å². The van der Waals surface area contributed by atoms with Crippen molar-refractivity contribution < 1.29 is 9.21 Å². The molecule has 140 valence electrons. The summed E-state index contributed by atoms with van der Waals surface area (Å²) in [7, 11) is 0. The maximum Gasteiger partial charge on any atom is 0.349 e. The fraction of sp³-hybridized carbons (Fsp3) is 0.136. The SMILES string of the molecule is O=C(NCCCn1ccnc1-c1ccccc1)c1cc2ccccc2oc1=O. The Hall–Kier alpha value is -3.67. The zero-order valence-electron chi connectivity index (χ0n) is 15.2. The lowest BCUT2D eigenvalue weighted by Crippen LogP contribution is -2.29. The van der Waals surface area contributed by atoms with Crippen LogP contribution in [0.1, 0.15) is 16.8 Å². The van der Waals surface area contributed by atoms with Gasteiger partial charge in [0.1, 0.15) is 17.0 Å². The van der Waals surface area contributed by atoms with E-state index in [0.717, 1.165) is 16.8 Å². The summed E-state index contributed by atoms with van der Waals surface area (Å²) in [5, 5.41) is 3.51. The fourth-order valence-electron chi connectivity index (χ4n) is 3.10. The molecule has 0 bridgehead atoms. The van der Waals surface area contributed by atoms with Gasteiger partial charge in [-0.25, -0.2) is 9.78 Å². The minimum Gasteiger partial charge on any atom is -0.422 e. The molecule has 0 saturated carbocycles. The van der Waals surface area contributed by atoms with Crippen LogP contribution >= 0.6 is 0 Å². The van der Waals surface area contributed by atoms with Crippen molar-refractivity contribution in [3.05, 3.63) is 89.0 Å². The van der Waals surface area contributed by atoms with Crippen LogP contribution in [0.15, 0.2) is 82.3 Å². The first kappa shape index (κ1) is 17.7. The van der Waals surface area contributed by atoms with Gasteiger partial charge in [0.2, 0.25) is 0 Å². The second kappa shape index (κ2) is 7.92. The Morgan fingerprint density at radius 2 is 1.86 bits per heavy atom. The second-order valence-electron chi connectivity index (χ2n) is 6.41. The molecule has 4 aromatic rings. The average Bonchev–Trinajstić information content (AvgIpc) is 3.19. The fourth-order valence-corrected chi connectivity index (χ4v) is 3.10. The molecule has 2 heterocycles. The normalized spacial score (nSPS) is 10.9. The lowest BCUT2D eigenvalue weighted by atomic mass is 10.2. The smallest absolute Gasteiger partial charge is 0.349 e. The van der Waals surface area contributed by atoms with Crippen molar-refractivity contribution in [2.45, 2.75) is 13.0 Å². The molecule has 2 aromatic heterocycles. The van der Waals surface area contributed by atoms with E-state index in [0.29, 0.717) is 25.1 Å². The molecule has 0 fully saturated rings. The lowest BCUT2D eigenvalue weighted by Gasteiger charge is -2.09. The topological polar surface area (TPSA) is 77.1 Å². The van der Waals surface area contributed by atoms with Crippen LogP contribution in [-0.2, 0) is 6.54 Å². The Labute approximate surface area is 161 Å². The number of nitrogens with zero attached hydrogens (tertiary/aromatic N) is 2. The number of para-hydroxylation sites is 1. The Kier molecular flexibility index (Phi) is 5.01. The molecule has 4 rings (SSSR count). The number of hydrogen-bond acceptors (Lipinski definition) is 4. The molecule has 0 saturated heterocycles. The highest BCUT2D eigenvalue weighted by molar-refractivity contribution is 5.96. The molecule has 1 N–H and O–H groups in total. The first-order chi connectivity index (χ1) is 13.7. The summed E-state index contributed by atoms with van der Waals surface area (Å²) in [6.45, 7) is 1.15. The predicted molar refractivity (Wildman–Crippen MR) is 107 cm³/mol. The Balaban J connectivity index is 1.38. The molecular formula is C22H19N3O3. The molecule has 0 aliphatic rings. The summed E-state index contributed by atoms with van der Waals surface area (Å²) in [4.78, 5) is 28.8. The van der Waals surface area contributed by atoms with Gasteiger partial charge in [-0.2, -0.15) is 0 Å². The number of amides is 1. The first-order valence-electron chi connectivity index (χ1n) is 9.10. The van der Waals surface area contributed by atoms with Crippen molar-refractivity contribution in [2.24, 2.45) is 0 Å². The van der Waals surface area contributed by atoms with E-state index in [1.165, 1.54) is 0 Å². The van der Waals surface area contributed by atoms with E-state index < -0.39 is 11.5 Å². The minimum absolute atomic E-state index is 0.0197. The summed E-state index contributed by atoms with van der Waals surface area (Å²) in [6.07, 6.45) is 4.39. The number of hydrogen-bond donors (Lipinski definition) is 1. The summed E-state index contributed by atoms with van der Waals surface area (Å²) in [5.41, 5.74) is 0.909. The van der Waals surface area contributed by atoms with E-state index in [1.54, 1.807) is 30.5 Å². The van der Waals surface area contributed by atoms with Gasteiger partial charge in [-0.3, -0.25) is 4.79 Å².